The van der Waals surface area contributed by atoms with Crippen molar-refractivity contribution in [2.45, 2.75) is 87.8 Å². The van der Waals surface area contributed by atoms with Gasteiger partial charge in [-0.3, -0.25) is 9.35 Å². The summed E-state index contributed by atoms with van der Waals surface area (Å²) in [5, 5.41) is 24.4. The highest BCUT2D eigenvalue weighted by Gasteiger charge is 2.45. The quantitative estimate of drug-likeness (QED) is 0.0174. The first-order valence-corrected chi connectivity index (χ1v) is 24.1. The van der Waals surface area contributed by atoms with Gasteiger partial charge in [0.25, 0.3) is 10.1 Å². The molecule has 2 aliphatic heterocycles. The Morgan fingerprint density at radius 3 is 2.12 bits per heavy atom. The average Bonchev–Trinajstić information content (AvgIpc) is 3.53. The number of rotatable bonds is 24. The van der Waals surface area contributed by atoms with E-state index in [0.717, 1.165) is 58.0 Å². The Labute approximate surface area is 362 Å². The van der Waals surface area contributed by atoms with Crippen LogP contribution >= 0.6 is 24.1 Å². The van der Waals surface area contributed by atoms with Crippen LogP contribution in [0.25, 0.3) is 0 Å². The molecule has 2 aromatic carbocycles. The maximum Gasteiger partial charge on any atom is 0.294 e. The van der Waals surface area contributed by atoms with E-state index in [-0.39, 0.29) is 28.0 Å². The van der Waals surface area contributed by atoms with Crippen LogP contribution in [0.1, 0.15) is 78.4 Å². The Bertz CT molecular complexity index is 2220. The molecule has 0 amide bonds. The van der Waals surface area contributed by atoms with Gasteiger partial charge in [0.05, 0.1) is 15.2 Å². The molecular weight excluding hydrogens is 855 g/mol. The zero-order valence-corrected chi connectivity index (χ0v) is 38.2. The fourth-order valence-corrected chi connectivity index (χ4v) is 9.80. The largest absolute Gasteiger partial charge is 0.344 e. The molecule has 0 saturated carbocycles. The van der Waals surface area contributed by atoms with Crippen molar-refractivity contribution >= 4 is 67.1 Å². The smallest absolute Gasteiger partial charge is 0.294 e. The van der Waals surface area contributed by atoms with Gasteiger partial charge >= 0.3 is 0 Å². The van der Waals surface area contributed by atoms with Crippen LogP contribution < -0.4 is 4.90 Å². The van der Waals surface area contributed by atoms with Crippen molar-refractivity contribution in [1.82, 2.24) is 4.31 Å². The topological polar surface area (TPSA) is 192 Å². The Hall–Kier alpha value is -3.18. The molecule has 60 heavy (non-hydrogen) atoms. The van der Waals surface area contributed by atoms with Crippen LogP contribution in [-0.2, 0) is 54.5 Å². The summed E-state index contributed by atoms with van der Waals surface area (Å²) in [5.74, 6) is 1.04. The molecule has 3 N–H and O–H groups in total. The second-order valence-electron chi connectivity index (χ2n) is 15.6. The third-order valence-corrected chi connectivity index (χ3v) is 14.5. The van der Waals surface area contributed by atoms with Gasteiger partial charge in [-0.15, -0.1) is 8.67 Å². The second-order valence-corrected chi connectivity index (χ2v) is 20.7. The lowest BCUT2D eigenvalue weighted by Crippen LogP contribution is -2.30. The van der Waals surface area contributed by atoms with E-state index in [4.69, 9.17) is 10.5 Å². The predicted molar refractivity (Wildman–Crippen MR) is 234 cm³/mol. The van der Waals surface area contributed by atoms with Gasteiger partial charge in [0, 0.05) is 109 Å². The summed E-state index contributed by atoms with van der Waals surface area (Å²) in [6.07, 6.45) is 15.5. The molecule has 4 rings (SSSR count). The maximum absolute atomic E-state index is 13.7. The lowest BCUT2D eigenvalue weighted by atomic mass is 9.81. The van der Waals surface area contributed by atoms with Crippen molar-refractivity contribution in [3.63, 3.8) is 0 Å². The summed E-state index contributed by atoms with van der Waals surface area (Å²) >= 11 is 1.92. The number of benzene rings is 2. The minimum atomic E-state index is -4.41. The Kier molecular flexibility index (Phi) is 17.9. The normalized spacial score (nSPS) is 17.1. The second kappa shape index (κ2) is 21.8. The SMILES string of the molecule is CC(C)C(=O)CCCN(C)S(=O)(=O)c1ccc2c(c1)C(C)(C)C(/C=C/C=C/C=C/C=C1/N(CCCSOOO)c3ccc(S(=O)(=O)O)cc3C1(C)C)=[N+]2CCCSOOO. The van der Waals surface area contributed by atoms with Crippen molar-refractivity contribution in [3.8, 4) is 0 Å². The number of carbonyl (C=O) groups is 1. The van der Waals surface area contributed by atoms with Gasteiger partial charge in [-0.2, -0.15) is 13.0 Å². The molecule has 0 spiro atoms. The molecular formula is C41H56N3O12S4+. The predicted octanol–water partition coefficient (Wildman–Crippen LogP) is 8.20. The Morgan fingerprint density at radius 1 is 0.850 bits per heavy atom. The van der Waals surface area contributed by atoms with Gasteiger partial charge in [-0.05, 0) is 68.7 Å². The zero-order chi connectivity index (χ0) is 44.3. The molecule has 2 aromatic rings. The van der Waals surface area contributed by atoms with Gasteiger partial charge in [0.15, 0.2) is 5.71 Å². The van der Waals surface area contributed by atoms with Crippen molar-refractivity contribution in [1.29, 1.82) is 0 Å². The Morgan fingerprint density at radius 2 is 1.47 bits per heavy atom. The number of carbonyl (C=O) groups excluding carboxylic acids is 1. The number of hydrogen-bond donors (Lipinski definition) is 3. The molecule has 0 radical (unpaired) electrons. The molecule has 19 heteroatoms. The lowest BCUT2D eigenvalue weighted by Gasteiger charge is -2.27. The molecule has 2 heterocycles. The van der Waals surface area contributed by atoms with Crippen molar-refractivity contribution < 1.29 is 60.0 Å². The highest BCUT2D eigenvalue weighted by atomic mass is 32.2. The van der Waals surface area contributed by atoms with E-state index >= 15 is 0 Å². The number of Topliss-reactive ketones (excluding diaryl/α,β-unsaturated/α-hetero) is 1. The molecule has 0 aliphatic carbocycles. The fraction of sp³-hybridized carbons (Fsp3) is 0.463. The standard InChI is InChI=1S/C41H55N3O12S4/c1-30(2)37(45)16-13-23-42(7)59(48,49)31-19-21-35-33(28-31)40(3,4)38(43(35)24-14-26-57-55-53-46)17-11-9-8-10-12-18-39-41(5,6)34-29-32(60(50,51)52)20-22-36(34)44(39)25-15-27-58-56-54-47/h8-12,17-22,28-30H,13-16,23-27H2,1-7H3,(H2-,46,47,50,51,52)/p+1. The van der Waals surface area contributed by atoms with E-state index in [2.05, 4.69) is 42.1 Å². The number of sulfonamides is 1. The van der Waals surface area contributed by atoms with Crippen LogP contribution in [0.5, 0.6) is 0 Å². The first-order chi connectivity index (χ1) is 28.3. The first kappa shape index (κ1) is 49.5. The molecule has 0 saturated heterocycles. The average molecular weight is 911 g/mol. The molecule has 0 aromatic heterocycles. The Balaban J connectivity index is 1.58. The van der Waals surface area contributed by atoms with E-state index in [1.54, 1.807) is 18.2 Å². The van der Waals surface area contributed by atoms with E-state index < -0.39 is 31.0 Å². The highest BCUT2D eigenvalue weighted by molar-refractivity contribution is 7.94. The number of fused-ring (bicyclic) bond motifs is 2. The number of hydrogen-bond acceptors (Lipinski definition) is 14. The maximum atomic E-state index is 13.7. The molecule has 2 aliphatic rings. The summed E-state index contributed by atoms with van der Waals surface area (Å²) < 4.78 is 73.6. The molecule has 15 nitrogen and oxygen atoms in total. The van der Waals surface area contributed by atoms with E-state index in [1.165, 1.54) is 23.5 Å². The van der Waals surface area contributed by atoms with E-state index in [0.29, 0.717) is 50.3 Å². The molecule has 0 atom stereocenters. The fourth-order valence-electron chi connectivity index (χ4n) is 7.34. The summed E-state index contributed by atoms with van der Waals surface area (Å²) in [6, 6.07) is 9.76. The van der Waals surface area contributed by atoms with Gasteiger partial charge in [-0.1, -0.05) is 68.2 Å². The van der Waals surface area contributed by atoms with E-state index in [9.17, 15) is 26.2 Å². The third kappa shape index (κ3) is 12.0. The lowest BCUT2D eigenvalue weighted by molar-refractivity contribution is -0.438. The van der Waals surface area contributed by atoms with Crippen LogP contribution in [0, 0.1) is 5.92 Å². The van der Waals surface area contributed by atoms with Crippen LogP contribution in [-0.4, -0.2) is 90.5 Å². The molecule has 0 fully saturated rings. The van der Waals surface area contributed by atoms with E-state index in [1.807, 2.05) is 76.3 Å². The van der Waals surface area contributed by atoms with Gasteiger partial charge in [0.1, 0.15) is 12.3 Å². The first-order valence-electron chi connectivity index (χ1n) is 19.4. The molecule has 0 bridgehead atoms. The summed E-state index contributed by atoms with van der Waals surface area (Å²) in [5.41, 5.74) is 3.97. The number of allylic oxidation sites excluding steroid dienone is 8. The minimum absolute atomic E-state index is 0.0974. The summed E-state index contributed by atoms with van der Waals surface area (Å²) in [7, 11) is -6.71. The summed E-state index contributed by atoms with van der Waals surface area (Å²) in [6.45, 7) is 13.1. The van der Waals surface area contributed by atoms with Gasteiger partial charge in [-0.25, -0.2) is 23.2 Å². The monoisotopic (exact) mass is 910 g/mol. The van der Waals surface area contributed by atoms with Crippen LogP contribution in [0.2, 0.25) is 0 Å². The zero-order valence-electron chi connectivity index (χ0n) is 34.9. The van der Waals surface area contributed by atoms with Crippen molar-refractivity contribution in [2.24, 2.45) is 5.92 Å². The summed E-state index contributed by atoms with van der Waals surface area (Å²) in [4.78, 5) is 14.2. The van der Waals surface area contributed by atoms with Gasteiger partial charge < -0.3 is 4.90 Å². The van der Waals surface area contributed by atoms with Crippen molar-refractivity contribution in [3.05, 3.63) is 95.8 Å². The number of nitrogens with zero attached hydrogens (tertiary/aromatic N) is 3. The minimum Gasteiger partial charge on any atom is -0.344 e. The third-order valence-electron chi connectivity index (χ3n) is 10.6. The molecule has 330 valence electrons. The van der Waals surface area contributed by atoms with Crippen molar-refractivity contribution in [2.75, 3.05) is 43.1 Å². The van der Waals surface area contributed by atoms with Crippen LogP contribution in [0.15, 0.2) is 94.4 Å². The van der Waals surface area contributed by atoms with Crippen LogP contribution in [0.4, 0.5) is 11.4 Å². The number of ketones is 1. The van der Waals surface area contributed by atoms with Crippen LogP contribution in [0.3, 0.4) is 0 Å². The number of anilines is 1. The van der Waals surface area contributed by atoms with Gasteiger partial charge in [0.2, 0.25) is 15.7 Å². The highest BCUT2D eigenvalue weighted by Crippen LogP contribution is 2.48. The molecule has 0 unspecified atom stereocenters.